The Morgan fingerprint density at radius 3 is 2.16 bits per heavy atom. The van der Waals surface area contributed by atoms with Crippen LogP contribution in [0.4, 0.5) is 5.69 Å². The highest BCUT2D eigenvalue weighted by molar-refractivity contribution is 7.86. The van der Waals surface area contributed by atoms with E-state index in [9.17, 15) is 30.7 Å². The summed E-state index contributed by atoms with van der Waals surface area (Å²) in [5.41, 5.74) is 8.14. The van der Waals surface area contributed by atoms with Crippen LogP contribution in [0.1, 0.15) is 64.1 Å². The third-order valence-electron chi connectivity index (χ3n) is 9.25. The van der Waals surface area contributed by atoms with Gasteiger partial charge < -0.3 is 19.9 Å². The van der Waals surface area contributed by atoms with Crippen LogP contribution >= 0.6 is 0 Å². The first-order chi connectivity index (χ1) is 22.7. The summed E-state index contributed by atoms with van der Waals surface area (Å²) >= 11 is 0. The molecule has 3 aliphatic heterocycles. The number of carbonyl (C=O) groups excluding carboxylic acids is 1. The lowest BCUT2D eigenvalue weighted by atomic mass is 9.85. The van der Waals surface area contributed by atoms with E-state index in [1.807, 2.05) is 65.8 Å². The Hall–Kier alpha value is -4.31. The number of imidazole rings is 1. The van der Waals surface area contributed by atoms with E-state index in [-0.39, 0.29) is 6.54 Å². The van der Waals surface area contributed by atoms with Gasteiger partial charge in [-0.25, -0.2) is 9.56 Å². The predicted molar refractivity (Wildman–Crippen MR) is 187 cm³/mol. The van der Waals surface area contributed by atoms with Gasteiger partial charge in [-0.05, 0) is 57.0 Å². The van der Waals surface area contributed by atoms with Crippen LogP contribution in [0, 0.1) is 0 Å². The highest BCUT2D eigenvalue weighted by atomic mass is 32.2. The van der Waals surface area contributed by atoms with Crippen molar-refractivity contribution in [3.05, 3.63) is 81.9 Å². The van der Waals surface area contributed by atoms with Crippen LogP contribution in [0.15, 0.2) is 48.8 Å². The lowest BCUT2D eigenvalue weighted by Crippen LogP contribution is -2.50. The van der Waals surface area contributed by atoms with Gasteiger partial charge in [0.05, 0.1) is 17.2 Å². The highest BCUT2D eigenvalue weighted by Gasteiger charge is 2.38. The molecule has 260 valence electrons. The molecule has 13 nitrogen and oxygen atoms in total. The smallest absolute Gasteiger partial charge is 0.269 e. The number of likely N-dealkylation sites (N-methyl/N-ethyl adjacent to an activating group) is 2. The molecule has 1 aromatic heterocycles. The lowest BCUT2D eigenvalue weighted by Gasteiger charge is -2.43. The van der Waals surface area contributed by atoms with Gasteiger partial charge in [-0.2, -0.15) is 16.8 Å². The standard InChI is InChI=1S/C34H39N5O8S2/c1-7-38-26-13-28-24(11-22(26)20(15-33(38,3)4)18-48(41,42)43)31(32-36-9-10-37(32)17-30(35)40)25-12-23-21(19-49(44,45)46)16-34(5,6)39(8-2)27(23)14-29(25)47-28/h9-16H,7-8,17-19H2,1-6H3,(H3-,35,40,41,42,43,44,45,46)/p+1. The molecule has 4 N–H and O–H groups in total. The maximum atomic E-state index is 12.2. The van der Waals surface area contributed by atoms with Gasteiger partial charge in [0.1, 0.15) is 41.9 Å². The zero-order chi connectivity index (χ0) is 35.8. The van der Waals surface area contributed by atoms with Crippen LogP contribution in [-0.2, 0) is 31.6 Å². The molecule has 0 spiro atoms. The number of amides is 1. The first kappa shape index (κ1) is 34.5. The minimum Gasteiger partial charge on any atom is -0.456 e. The van der Waals surface area contributed by atoms with Gasteiger partial charge in [-0.1, -0.05) is 6.08 Å². The highest BCUT2D eigenvalue weighted by Crippen LogP contribution is 2.46. The van der Waals surface area contributed by atoms with Crippen LogP contribution in [0.5, 0.6) is 11.5 Å². The van der Waals surface area contributed by atoms with E-state index in [1.165, 1.54) is 6.20 Å². The summed E-state index contributed by atoms with van der Waals surface area (Å²) in [7, 11) is -8.82. The molecule has 0 unspecified atom stereocenters. The Morgan fingerprint density at radius 2 is 1.57 bits per heavy atom. The van der Waals surface area contributed by atoms with E-state index < -0.39 is 48.7 Å². The number of fused-ring (bicyclic) bond motifs is 4. The largest absolute Gasteiger partial charge is 0.456 e. The van der Waals surface area contributed by atoms with Gasteiger partial charge in [0.25, 0.3) is 20.2 Å². The number of anilines is 1. The van der Waals surface area contributed by atoms with Crippen LogP contribution in [0.2, 0.25) is 0 Å². The van der Waals surface area contributed by atoms with Crippen molar-refractivity contribution < 1.29 is 35.5 Å². The molecule has 2 aromatic carbocycles. The van der Waals surface area contributed by atoms with E-state index in [0.29, 0.717) is 80.1 Å². The van der Waals surface area contributed by atoms with Crippen LogP contribution in [-0.4, -0.2) is 77.1 Å². The Kier molecular flexibility index (Phi) is 8.21. The fraction of sp³-hybridized carbons (Fsp3) is 0.382. The molecule has 0 saturated heterocycles. The number of nitrogens with zero attached hydrogens (tertiary/aromatic N) is 4. The van der Waals surface area contributed by atoms with Crippen molar-refractivity contribution in [1.29, 1.82) is 0 Å². The molecule has 3 aliphatic rings. The Bertz CT molecular complexity index is 2350. The van der Waals surface area contributed by atoms with Crippen molar-refractivity contribution in [2.75, 3.05) is 29.5 Å². The predicted octanol–water partition coefficient (Wildman–Crippen LogP) is 2.19. The van der Waals surface area contributed by atoms with Crippen LogP contribution < -0.4 is 30.5 Å². The summed E-state index contributed by atoms with van der Waals surface area (Å²) in [6.07, 6.45) is 6.81. The van der Waals surface area contributed by atoms with Gasteiger partial charge in [0.2, 0.25) is 11.3 Å². The first-order valence-corrected chi connectivity index (χ1v) is 19.1. The number of aromatic nitrogens is 2. The number of carbonyl (C=O) groups is 1. The average Bonchev–Trinajstić information content (AvgIpc) is 3.39. The first-order valence-electron chi connectivity index (χ1n) is 15.8. The molecule has 49 heavy (non-hydrogen) atoms. The van der Waals surface area contributed by atoms with Crippen molar-refractivity contribution in [1.82, 2.24) is 14.1 Å². The Labute approximate surface area is 285 Å². The number of primary amides is 1. The molecule has 0 bridgehead atoms. The zero-order valence-corrected chi connectivity index (χ0v) is 29.8. The molecule has 1 amide bonds. The second-order valence-electron chi connectivity index (χ2n) is 13.6. The van der Waals surface area contributed by atoms with Gasteiger partial charge in [0.15, 0.2) is 5.54 Å². The maximum absolute atomic E-state index is 12.2. The summed E-state index contributed by atoms with van der Waals surface area (Å²) in [6, 6.07) is 7.30. The maximum Gasteiger partial charge on any atom is 0.269 e. The number of hydrogen-bond donors (Lipinski definition) is 3. The molecule has 0 saturated carbocycles. The third kappa shape index (κ3) is 6.31. The summed E-state index contributed by atoms with van der Waals surface area (Å²) < 4.78 is 79.2. The topological polar surface area (TPSA) is 185 Å². The van der Waals surface area contributed by atoms with Crippen molar-refractivity contribution in [3.8, 4) is 11.5 Å². The SMILES string of the molecule is CCN1c2cc3c(cc2C(CS(=O)(=O)O)=CC1(C)C)C(c1nccn1CC(N)=O)=c1cc2c(cc1O3)=[N+](CC)C(C)(C)C=C2CS(=O)(=O)O. The monoisotopic (exact) mass is 710 g/mol. The number of rotatable bonds is 9. The molecule has 0 fully saturated rings. The number of nitrogens with two attached hydrogens (primary N) is 1. The van der Waals surface area contributed by atoms with Gasteiger partial charge in [0, 0.05) is 66.5 Å². The van der Waals surface area contributed by atoms with Gasteiger partial charge in [-0.3, -0.25) is 13.9 Å². The fourth-order valence-corrected chi connectivity index (χ4v) is 8.83. The fourth-order valence-electron chi connectivity index (χ4n) is 7.57. The molecule has 0 atom stereocenters. The van der Waals surface area contributed by atoms with Crippen LogP contribution in [0.3, 0.4) is 0 Å². The molecule has 0 radical (unpaired) electrons. The lowest BCUT2D eigenvalue weighted by molar-refractivity contribution is -0.118. The quantitative estimate of drug-likeness (QED) is 0.172. The summed E-state index contributed by atoms with van der Waals surface area (Å²) in [5, 5.41) is 1.24. The second kappa shape index (κ2) is 11.6. The van der Waals surface area contributed by atoms with E-state index >= 15 is 0 Å². The zero-order valence-electron chi connectivity index (χ0n) is 28.2. The van der Waals surface area contributed by atoms with Crippen molar-refractivity contribution in [2.24, 2.45) is 5.73 Å². The van der Waals surface area contributed by atoms with Crippen molar-refractivity contribution in [3.63, 3.8) is 0 Å². The summed E-state index contributed by atoms with van der Waals surface area (Å²) in [4.78, 5) is 18.9. The van der Waals surface area contributed by atoms with Gasteiger partial charge in [-0.15, -0.1) is 0 Å². The van der Waals surface area contributed by atoms with Crippen molar-refractivity contribution >= 4 is 48.6 Å². The van der Waals surface area contributed by atoms with E-state index in [2.05, 4.69) is 14.5 Å². The molecular weight excluding hydrogens is 671 g/mol. The molecule has 3 aromatic rings. The van der Waals surface area contributed by atoms with Gasteiger partial charge >= 0.3 is 0 Å². The van der Waals surface area contributed by atoms with E-state index in [4.69, 9.17) is 10.5 Å². The molecule has 0 aliphatic carbocycles. The van der Waals surface area contributed by atoms with Crippen molar-refractivity contribution in [2.45, 2.75) is 59.2 Å². The molecular formula is C34H40N5O8S2+. The number of hydrogen-bond acceptors (Lipinski definition) is 8. The third-order valence-corrected chi connectivity index (χ3v) is 10.6. The Balaban J connectivity index is 1.75. The number of ether oxygens (including phenoxy) is 1. The molecule has 4 heterocycles. The molecule has 6 rings (SSSR count). The summed E-state index contributed by atoms with van der Waals surface area (Å²) in [5.74, 6) is -0.544. The average molecular weight is 711 g/mol. The number of benzene rings is 2. The van der Waals surface area contributed by atoms with E-state index in [1.54, 1.807) is 22.9 Å². The Morgan fingerprint density at radius 1 is 0.918 bits per heavy atom. The summed E-state index contributed by atoms with van der Waals surface area (Å²) in [6.45, 7) is 12.8. The minimum absolute atomic E-state index is 0.183. The van der Waals surface area contributed by atoms with Crippen LogP contribution in [0.25, 0.3) is 16.7 Å². The normalized spacial score (nSPS) is 17.7. The molecule has 15 heteroatoms. The minimum atomic E-state index is -4.41. The van der Waals surface area contributed by atoms with E-state index in [0.717, 1.165) is 0 Å². The second-order valence-corrected chi connectivity index (χ2v) is 16.5.